The van der Waals surface area contributed by atoms with Crippen LogP contribution >= 0.6 is 24.8 Å². The second kappa shape index (κ2) is 11.9. The van der Waals surface area contributed by atoms with Crippen LogP contribution in [0.15, 0.2) is 42.5 Å². The highest BCUT2D eigenvalue weighted by Gasteiger charge is 2.19. The Labute approximate surface area is 180 Å². The highest BCUT2D eigenvalue weighted by molar-refractivity contribution is 5.85. The molecule has 0 radical (unpaired) electrons. The number of rotatable bonds is 7. The fraction of sp³-hybridized carbons (Fsp3) is 0.429. The van der Waals surface area contributed by atoms with Gasteiger partial charge in [0.15, 0.2) is 11.5 Å². The predicted octanol–water partition coefficient (Wildman–Crippen LogP) is 3.92. The molecule has 0 aromatic heterocycles. The quantitative estimate of drug-likeness (QED) is 0.667. The average Bonchev–Trinajstić information content (AvgIpc) is 2.72. The number of hydrogen-bond acceptors (Lipinski definition) is 5. The van der Waals surface area contributed by atoms with E-state index in [-0.39, 0.29) is 24.8 Å². The molecule has 1 fully saturated rings. The maximum Gasteiger partial charge on any atom is 0.160 e. The van der Waals surface area contributed by atoms with Crippen molar-refractivity contribution in [2.75, 3.05) is 59.0 Å². The molecule has 2 aromatic rings. The van der Waals surface area contributed by atoms with Crippen LogP contribution in [-0.4, -0.2) is 59.0 Å². The number of hydrogen-bond donors (Lipinski definition) is 0. The van der Waals surface area contributed by atoms with E-state index in [9.17, 15) is 0 Å². The molecule has 5 nitrogen and oxygen atoms in total. The van der Waals surface area contributed by atoms with Crippen molar-refractivity contribution in [2.24, 2.45) is 0 Å². The van der Waals surface area contributed by atoms with Gasteiger partial charge < -0.3 is 19.1 Å². The molecule has 0 unspecified atom stereocenters. The summed E-state index contributed by atoms with van der Waals surface area (Å²) in [6.45, 7) is 5.21. The Hall–Kier alpha value is -1.82. The fourth-order valence-corrected chi connectivity index (χ4v) is 3.43. The molecule has 156 valence electrons. The molecule has 0 spiro atoms. The maximum absolute atomic E-state index is 5.49. The van der Waals surface area contributed by atoms with Crippen LogP contribution in [0.3, 0.4) is 0 Å². The molecule has 1 aliphatic rings. The summed E-state index contributed by atoms with van der Waals surface area (Å²) in [6.07, 6.45) is 1.01. The third-order valence-corrected chi connectivity index (χ3v) is 4.96. The van der Waals surface area contributed by atoms with Crippen molar-refractivity contribution in [1.82, 2.24) is 4.90 Å². The molecule has 3 rings (SSSR count). The van der Waals surface area contributed by atoms with E-state index in [2.05, 4.69) is 34.1 Å². The van der Waals surface area contributed by atoms with E-state index in [1.165, 1.54) is 11.3 Å². The Bertz CT molecular complexity index is 723. The van der Waals surface area contributed by atoms with Crippen LogP contribution in [0.25, 0.3) is 0 Å². The Balaban J connectivity index is 0.00000196. The van der Waals surface area contributed by atoms with Gasteiger partial charge in [-0.1, -0.05) is 18.2 Å². The molecule has 1 aliphatic heterocycles. The molecular weight excluding hydrogens is 399 g/mol. The number of halogens is 2. The molecular formula is C21H30Cl2N2O3. The topological polar surface area (TPSA) is 34.2 Å². The van der Waals surface area contributed by atoms with E-state index >= 15 is 0 Å². The molecule has 28 heavy (non-hydrogen) atoms. The summed E-state index contributed by atoms with van der Waals surface area (Å²) in [7, 11) is 5.08. The van der Waals surface area contributed by atoms with Crippen molar-refractivity contribution in [3.8, 4) is 17.2 Å². The van der Waals surface area contributed by atoms with Crippen molar-refractivity contribution in [3.63, 3.8) is 0 Å². The summed E-state index contributed by atoms with van der Waals surface area (Å²) in [5.41, 5.74) is 2.46. The number of methoxy groups -OCH3 is 3. The van der Waals surface area contributed by atoms with Crippen LogP contribution in [0.4, 0.5) is 5.69 Å². The predicted molar refractivity (Wildman–Crippen MR) is 119 cm³/mol. The monoisotopic (exact) mass is 428 g/mol. The van der Waals surface area contributed by atoms with Gasteiger partial charge in [0, 0.05) is 32.7 Å². The van der Waals surface area contributed by atoms with Crippen molar-refractivity contribution in [3.05, 3.63) is 48.0 Å². The van der Waals surface area contributed by atoms with E-state index in [1.54, 1.807) is 21.3 Å². The highest BCUT2D eigenvalue weighted by Crippen LogP contribution is 2.29. The normalized spacial score (nSPS) is 13.9. The van der Waals surface area contributed by atoms with Crippen molar-refractivity contribution in [2.45, 2.75) is 6.42 Å². The summed E-state index contributed by atoms with van der Waals surface area (Å²) in [6, 6.07) is 14.4. The Morgan fingerprint density at radius 1 is 0.750 bits per heavy atom. The van der Waals surface area contributed by atoms with Crippen LogP contribution in [0.1, 0.15) is 5.56 Å². The van der Waals surface area contributed by atoms with E-state index in [1.807, 2.05) is 18.2 Å². The zero-order chi connectivity index (χ0) is 18.4. The molecule has 7 heteroatoms. The minimum atomic E-state index is 0. The number of benzene rings is 2. The summed E-state index contributed by atoms with van der Waals surface area (Å²) >= 11 is 0. The first-order valence-corrected chi connectivity index (χ1v) is 9.06. The molecule has 0 saturated carbocycles. The highest BCUT2D eigenvalue weighted by atomic mass is 35.5. The van der Waals surface area contributed by atoms with Gasteiger partial charge in [0.05, 0.1) is 27.0 Å². The average molecular weight is 429 g/mol. The first kappa shape index (κ1) is 24.2. The van der Waals surface area contributed by atoms with Crippen LogP contribution < -0.4 is 19.1 Å². The van der Waals surface area contributed by atoms with Gasteiger partial charge in [-0.15, -0.1) is 24.8 Å². The van der Waals surface area contributed by atoms with Gasteiger partial charge >= 0.3 is 0 Å². The lowest BCUT2D eigenvalue weighted by atomic mass is 10.1. The standard InChI is InChI=1S/C21H28N2O3.2ClH/c1-24-19-7-5-4-6-18(19)23-14-12-22(13-15-23)11-10-17-8-9-20(25-2)21(16-17)26-3;;/h4-9,16H,10-15H2,1-3H3;2*1H. The maximum atomic E-state index is 5.49. The largest absolute Gasteiger partial charge is 0.495 e. The molecule has 0 amide bonds. The third-order valence-electron chi connectivity index (χ3n) is 4.96. The van der Waals surface area contributed by atoms with E-state index < -0.39 is 0 Å². The van der Waals surface area contributed by atoms with Gasteiger partial charge in [0.25, 0.3) is 0 Å². The summed E-state index contributed by atoms with van der Waals surface area (Å²) in [5, 5.41) is 0. The van der Waals surface area contributed by atoms with Crippen LogP contribution in [0.2, 0.25) is 0 Å². The molecule has 0 N–H and O–H groups in total. The molecule has 1 heterocycles. The van der Waals surface area contributed by atoms with E-state index in [4.69, 9.17) is 14.2 Å². The zero-order valence-corrected chi connectivity index (χ0v) is 18.4. The first-order valence-electron chi connectivity index (χ1n) is 9.06. The van der Waals surface area contributed by atoms with Gasteiger partial charge in [-0.3, -0.25) is 4.90 Å². The van der Waals surface area contributed by atoms with Crippen LogP contribution in [-0.2, 0) is 6.42 Å². The van der Waals surface area contributed by atoms with Crippen molar-refractivity contribution < 1.29 is 14.2 Å². The van der Waals surface area contributed by atoms with Crippen molar-refractivity contribution in [1.29, 1.82) is 0 Å². The van der Waals surface area contributed by atoms with Crippen LogP contribution in [0.5, 0.6) is 17.2 Å². The summed E-state index contributed by atoms with van der Waals surface area (Å²) < 4.78 is 16.2. The van der Waals surface area contributed by atoms with Gasteiger partial charge in [-0.25, -0.2) is 0 Å². The second-order valence-corrected chi connectivity index (χ2v) is 6.44. The lowest BCUT2D eigenvalue weighted by molar-refractivity contribution is 0.260. The third kappa shape index (κ3) is 5.84. The molecule has 2 aromatic carbocycles. The first-order chi connectivity index (χ1) is 12.7. The molecule has 0 aliphatic carbocycles. The summed E-state index contributed by atoms with van der Waals surface area (Å²) in [5.74, 6) is 2.53. The zero-order valence-electron chi connectivity index (χ0n) is 16.7. The minimum Gasteiger partial charge on any atom is -0.495 e. The van der Waals surface area contributed by atoms with Gasteiger partial charge in [0.1, 0.15) is 5.75 Å². The van der Waals surface area contributed by atoms with Crippen molar-refractivity contribution >= 4 is 30.5 Å². The summed E-state index contributed by atoms with van der Waals surface area (Å²) in [4.78, 5) is 4.92. The van der Waals surface area contributed by atoms with Gasteiger partial charge in [0.2, 0.25) is 0 Å². The van der Waals surface area contributed by atoms with Gasteiger partial charge in [-0.05, 0) is 36.2 Å². The van der Waals surface area contributed by atoms with Gasteiger partial charge in [-0.2, -0.15) is 0 Å². The lowest BCUT2D eigenvalue weighted by Crippen LogP contribution is -2.47. The second-order valence-electron chi connectivity index (χ2n) is 6.44. The lowest BCUT2D eigenvalue weighted by Gasteiger charge is -2.36. The number of piperazine rings is 1. The number of para-hydroxylation sites is 2. The molecule has 1 saturated heterocycles. The number of anilines is 1. The Morgan fingerprint density at radius 2 is 1.39 bits per heavy atom. The van der Waals surface area contributed by atoms with E-state index in [0.29, 0.717) is 0 Å². The van der Waals surface area contributed by atoms with E-state index in [0.717, 1.165) is 56.4 Å². The fourth-order valence-electron chi connectivity index (χ4n) is 3.43. The number of nitrogens with zero attached hydrogens (tertiary/aromatic N) is 2. The van der Waals surface area contributed by atoms with Crippen LogP contribution in [0, 0.1) is 0 Å². The Kier molecular flexibility index (Phi) is 10.3. The smallest absolute Gasteiger partial charge is 0.160 e. The molecule has 0 bridgehead atoms. The Morgan fingerprint density at radius 3 is 2.04 bits per heavy atom. The minimum absolute atomic E-state index is 0. The molecule has 0 atom stereocenters. The SMILES string of the molecule is COc1ccc(CCN2CCN(c3ccccc3OC)CC2)cc1OC.Cl.Cl. The number of ether oxygens (including phenoxy) is 3.